The third-order valence-electron chi connectivity index (χ3n) is 3.69. The Balaban J connectivity index is 1.89. The van der Waals surface area contributed by atoms with Gasteiger partial charge in [-0.1, -0.05) is 18.9 Å². The van der Waals surface area contributed by atoms with E-state index in [1.807, 2.05) is 6.07 Å². The van der Waals surface area contributed by atoms with Gasteiger partial charge in [-0.2, -0.15) is 0 Å². The minimum Gasteiger partial charge on any atom is -0.494 e. The van der Waals surface area contributed by atoms with Crippen molar-refractivity contribution in [2.24, 2.45) is 5.92 Å². The summed E-state index contributed by atoms with van der Waals surface area (Å²) in [6.07, 6.45) is 5.57. The van der Waals surface area contributed by atoms with Crippen molar-refractivity contribution in [2.75, 3.05) is 7.11 Å². The Morgan fingerprint density at radius 3 is 2.72 bits per heavy atom. The zero-order valence-electron chi connectivity index (χ0n) is 10.7. The van der Waals surface area contributed by atoms with Crippen LogP contribution in [0.25, 0.3) is 0 Å². The number of halogens is 1. The summed E-state index contributed by atoms with van der Waals surface area (Å²) in [4.78, 5) is 11.9. The number of Topliss-reactive ketones (excluding diaryl/α,β-unsaturated/α-hetero) is 1. The van der Waals surface area contributed by atoms with E-state index < -0.39 is 0 Å². The van der Waals surface area contributed by atoms with Crippen LogP contribution in [0.5, 0.6) is 5.75 Å². The third-order valence-corrected chi connectivity index (χ3v) is 3.69. The molecule has 1 fully saturated rings. The van der Waals surface area contributed by atoms with Crippen LogP contribution in [-0.4, -0.2) is 12.9 Å². The van der Waals surface area contributed by atoms with Gasteiger partial charge in [-0.25, -0.2) is 4.39 Å². The van der Waals surface area contributed by atoms with Crippen molar-refractivity contribution in [3.63, 3.8) is 0 Å². The molecule has 1 aromatic carbocycles. The van der Waals surface area contributed by atoms with Crippen LogP contribution in [-0.2, 0) is 11.2 Å². The first kappa shape index (κ1) is 13.1. The van der Waals surface area contributed by atoms with Crippen molar-refractivity contribution >= 4 is 5.78 Å². The molecule has 98 valence electrons. The molecule has 1 aromatic rings. The summed E-state index contributed by atoms with van der Waals surface area (Å²) in [6.45, 7) is 0. The molecule has 2 rings (SSSR count). The molecule has 2 nitrogen and oxygen atoms in total. The second-order valence-corrected chi connectivity index (χ2v) is 4.92. The van der Waals surface area contributed by atoms with Crippen molar-refractivity contribution in [3.05, 3.63) is 29.6 Å². The Morgan fingerprint density at radius 2 is 2.11 bits per heavy atom. The Bertz CT molecular complexity index is 423. The summed E-state index contributed by atoms with van der Waals surface area (Å²) in [6, 6.07) is 4.90. The number of ketones is 1. The normalized spacial score (nSPS) is 15.9. The van der Waals surface area contributed by atoms with Gasteiger partial charge in [0.05, 0.1) is 7.11 Å². The lowest BCUT2D eigenvalue weighted by Crippen LogP contribution is -2.11. The Labute approximate surface area is 107 Å². The van der Waals surface area contributed by atoms with E-state index in [1.165, 1.54) is 26.0 Å². The molecule has 0 aliphatic heterocycles. The predicted octanol–water partition coefficient (Wildman–Crippen LogP) is 3.53. The first-order valence-corrected chi connectivity index (χ1v) is 6.56. The predicted molar refractivity (Wildman–Crippen MR) is 68.2 cm³/mol. The van der Waals surface area contributed by atoms with Gasteiger partial charge in [-0.15, -0.1) is 0 Å². The maximum absolute atomic E-state index is 13.5. The molecule has 1 aliphatic carbocycles. The first-order valence-electron chi connectivity index (χ1n) is 6.56. The molecule has 0 N–H and O–H groups in total. The van der Waals surface area contributed by atoms with E-state index in [9.17, 15) is 9.18 Å². The van der Waals surface area contributed by atoms with Crippen molar-refractivity contribution in [2.45, 2.75) is 38.5 Å². The summed E-state index contributed by atoms with van der Waals surface area (Å²) < 4.78 is 18.3. The number of carbonyl (C=O) groups is 1. The van der Waals surface area contributed by atoms with Crippen molar-refractivity contribution in [1.82, 2.24) is 0 Å². The van der Waals surface area contributed by atoms with Gasteiger partial charge in [0.1, 0.15) is 5.78 Å². The Kier molecular flexibility index (Phi) is 4.34. The molecule has 0 saturated heterocycles. The fourth-order valence-electron chi connectivity index (χ4n) is 2.58. The third kappa shape index (κ3) is 3.09. The summed E-state index contributed by atoms with van der Waals surface area (Å²) in [5, 5.41) is 0. The molecule has 1 saturated carbocycles. The van der Waals surface area contributed by atoms with Crippen LogP contribution in [0.3, 0.4) is 0 Å². The number of benzene rings is 1. The van der Waals surface area contributed by atoms with Gasteiger partial charge in [0.25, 0.3) is 0 Å². The monoisotopic (exact) mass is 250 g/mol. The molecule has 18 heavy (non-hydrogen) atoms. The highest BCUT2D eigenvalue weighted by molar-refractivity contribution is 5.81. The van der Waals surface area contributed by atoms with Gasteiger partial charge < -0.3 is 4.74 Å². The SMILES string of the molecule is COc1ccc(CCC(=O)C2CCCC2)cc1F. The van der Waals surface area contributed by atoms with Crippen LogP contribution in [0, 0.1) is 11.7 Å². The minimum atomic E-state index is -0.358. The fraction of sp³-hybridized carbons (Fsp3) is 0.533. The van der Waals surface area contributed by atoms with Gasteiger partial charge in [0, 0.05) is 12.3 Å². The molecule has 0 heterocycles. The standard InChI is InChI=1S/C15H19FO2/c1-18-15-9-7-11(10-13(15)16)6-8-14(17)12-4-2-3-5-12/h7,9-10,12H,2-6,8H2,1H3. The van der Waals surface area contributed by atoms with E-state index >= 15 is 0 Å². The molecule has 0 amide bonds. The van der Waals surface area contributed by atoms with Crippen LogP contribution in [0.1, 0.15) is 37.7 Å². The van der Waals surface area contributed by atoms with Crippen molar-refractivity contribution in [3.8, 4) is 5.75 Å². The number of methoxy groups -OCH3 is 1. The van der Waals surface area contributed by atoms with Gasteiger partial charge in [0.15, 0.2) is 11.6 Å². The van der Waals surface area contributed by atoms with Gasteiger partial charge in [-0.05, 0) is 37.0 Å². The lowest BCUT2D eigenvalue weighted by molar-refractivity contribution is -0.122. The van der Waals surface area contributed by atoms with Crippen LogP contribution in [0.2, 0.25) is 0 Å². The van der Waals surface area contributed by atoms with Gasteiger partial charge in [0.2, 0.25) is 0 Å². The molecule has 0 aromatic heterocycles. The Hall–Kier alpha value is -1.38. The summed E-state index contributed by atoms with van der Waals surface area (Å²) >= 11 is 0. The van der Waals surface area contributed by atoms with E-state index in [-0.39, 0.29) is 17.5 Å². The quantitative estimate of drug-likeness (QED) is 0.799. The molecular formula is C15H19FO2. The van der Waals surface area contributed by atoms with E-state index in [2.05, 4.69) is 0 Å². The maximum Gasteiger partial charge on any atom is 0.165 e. The molecule has 0 radical (unpaired) electrons. The molecule has 1 aliphatic rings. The first-order chi connectivity index (χ1) is 8.70. The highest BCUT2D eigenvalue weighted by Gasteiger charge is 2.21. The maximum atomic E-state index is 13.5. The zero-order chi connectivity index (χ0) is 13.0. The molecule has 3 heteroatoms. The number of ether oxygens (including phenoxy) is 1. The smallest absolute Gasteiger partial charge is 0.165 e. The topological polar surface area (TPSA) is 26.3 Å². The average molecular weight is 250 g/mol. The van der Waals surface area contributed by atoms with E-state index in [1.54, 1.807) is 6.07 Å². The zero-order valence-corrected chi connectivity index (χ0v) is 10.7. The van der Waals surface area contributed by atoms with Crippen LogP contribution in [0.4, 0.5) is 4.39 Å². The van der Waals surface area contributed by atoms with Crippen molar-refractivity contribution in [1.29, 1.82) is 0 Å². The molecular weight excluding hydrogens is 231 g/mol. The van der Waals surface area contributed by atoms with Gasteiger partial charge >= 0.3 is 0 Å². The van der Waals surface area contributed by atoms with E-state index in [0.29, 0.717) is 18.6 Å². The van der Waals surface area contributed by atoms with Crippen LogP contribution in [0.15, 0.2) is 18.2 Å². The van der Waals surface area contributed by atoms with Crippen LogP contribution < -0.4 is 4.74 Å². The number of hydrogen-bond donors (Lipinski definition) is 0. The lowest BCUT2D eigenvalue weighted by Gasteiger charge is -2.08. The van der Waals surface area contributed by atoms with E-state index in [4.69, 9.17) is 4.74 Å². The summed E-state index contributed by atoms with van der Waals surface area (Å²) in [5.41, 5.74) is 0.861. The fourth-order valence-corrected chi connectivity index (χ4v) is 2.58. The number of carbonyl (C=O) groups excluding carboxylic acids is 1. The highest BCUT2D eigenvalue weighted by Crippen LogP contribution is 2.27. The highest BCUT2D eigenvalue weighted by atomic mass is 19.1. The average Bonchev–Trinajstić information content (AvgIpc) is 2.90. The second-order valence-electron chi connectivity index (χ2n) is 4.92. The largest absolute Gasteiger partial charge is 0.494 e. The lowest BCUT2D eigenvalue weighted by atomic mass is 9.97. The summed E-state index contributed by atoms with van der Waals surface area (Å²) in [7, 11) is 1.45. The van der Waals surface area contributed by atoms with E-state index in [0.717, 1.165) is 18.4 Å². The molecule has 0 atom stereocenters. The minimum absolute atomic E-state index is 0.251. The molecule has 0 unspecified atom stereocenters. The van der Waals surface area contributed by atoms with Gasteiger partial charge in [-0.3, -0.25) is 4.79 Å². The number of aryl methyl sites for hydroxylation is 1. The second kappa shape index (κ2) is 5.98. The van der Waals surface area contributed by atoms with Crippen LogP contribution >= 0.6 is 0 Å². The van der Waals surface area contributed by atoms with Crippen molar-refractivity contribution < 1.29 is 13.9 Å². The Morgan fingerprint density at radius 1 is 1.39 bits per heavy atom. The summed E-state index contributed by atoms with van der Waals surface area (Å²) in [5.74, 6) is 0.487. The molecule has 0 bridgehead atoms. The molecule has 0 spiro atoms. The number of hydrogen-bond acceptors (Lipinski definition) is 2. The number of rotatable bonds is 5.